The summed E-state index contributed by atoms with van der Waals surface area (Å²) < 4.78 is 2.86. The summed E-state index contributed by atoms with van der Waals surface area (Å²) in [5.41, 5.74) is 9.44. The molecule has 90 valence electrons. The Bertz CT molecular complexity index is 220. The number of carbonyl (C=O) groups excluding carboxylic acids is 1. The highest BCUT2D eigenvalue weighted by Crippen LogP contribution is 2.40. The lowest BCUT2D eigenvalue weighted by Gasteiger charge is -2.33. The number of nitrogens with two attached hydrogens (primary N) is 2. The van der Waals surface area contributed by atoms with Crippen LogP contribution < -0.4 is 11.5 Å². The van der Waals surface area contributed by atoms with Crippen molar-refractivity contribution < 1.29 is 9.53 Å². The predicted molar refractivity (Wildman–Crippen MR) is 62.1 cm³/mol. The lowest BCUT2D eigenvalue weighted by atomic mass is 9.96. The number of esters is 1. The Morgan fingerprint density at radius 2 is 1.93 bits per heavy atom. The zero-order valence-corrected chi connectivity index (χ0v) is 10.7. The molecule has 1 atom stereocenters. The van der Waals surface area contributed by atoms with Crippen LogP contribution in [0.5, 0.6) is 0 Å². The third-order valence-electron chi connectivity index (χ3n) is 1.92. The minimum Gasteiger partial charge on any atom is -0.464 e. The fourth-order valence-electron chi connectivity index (χ4n) is 1.00. The highest BCUT2D eigenvalue weighted by molar-refractivity contribution is 6.69. The third kappa shape index (κ3) is 3.96. The van der Waals surface area contributed by atoms with Crippen LogP contribution in [0.25, 0.3) is 0 Å². The van der Waals surface area contributed by atoms with E-state index in [-0.39, 0.29) is 13.0 Å². The summed E-state index contributed by atoms with van der Waals surface area (Å²) >= 11 is 17.0. The fraction of sp³-hybridized carbons (Fsp3) is 0.875. The predicted octanol–water partition coefficient (Wildman–Crippen LogP) is 1.36. The summed E-state index contributed by atoms with van der Waals surface area (Å²) in [7, 11) is 0. The highest BCUT2D eigenvalue weighted by Gasteiger charge is 2.52. The molecule has 4 nitrogen and oxygen atoms in total. The average molecular weight is 278 g/mol. The second kappa shape index (κ2) is 6.11. The van der Waals surface area contributed by atoms with Crippen molar-refractivity contribution in [3.63, 3.8) is 0 Å². The smallest absolute Gasteiger partial charge is 0.330 e. The van der Waals surface area contributed by atoms with Gasteiger partial charge in [0.2, 0.25) is 3.79 Å². The second-order valence-electron chi connectivity index (χ2n) is 3.08. The van der Waals surface area contributed by atoms with Gasteiger partial charge in [-0.15, -0.1) is 0 Å². The first-order valence-corrected chi connectivity index (χ1v) is 5.66. The normalized spacial score (nSPS) is 15.9. The zero-order chi connectivity index (χ0) is 12.1. The van der Waals surface area contributed by atoms with E-state index in [4.69, 9.17) is 51.0 Å². The van der Waals surface area contributed by atoms with Crippen LogP contribution in [0, 0.1) is 0 Å². The molecule has 0 heterocycles. The van der Waals surface area contributed by atoms with Crippen LogP contribution in [-0.2, 0) is 9.53 Å². The molecule has 0 rings (SSSR count). The summed E-state index contributed by atoms with van der Waals surface area (Å²) in [6.07, 6.45) is 0.641. The number of hydrogen-bond acceptors (Lipinski definition) is 4. The maximum absolute atomic E-state index is 11.6. The van der Waals surface area contributed by atoms with Gasteiger partial charge in [-0.3, -0.25) is 0 Å². The molecule has 0 aromatic heterocycles. The molecule has 0 radical (unpaired) electrons. The van der Waals surface area contributed by atoms with Gasteiger partial charge in [-0.05, 0) is 26.3 Å². The fourth-order valence-corrected chi connectivity index (χ4v) is 1.52. The minimum absolute atomic E-state index is 0.166. The molecule has 0 aliphatic carbocycles. The van der Waals surface area contributed by atoms with Crippen molar-refractivity contribution in [3.05, 3.63) is 0 Å². The number of carbonyl (C=O) groups is 1. The Hall–Kier alpha value is 0.260. The molecule has 0 saturated carbocycles. The van der Waals surface area contributed by atoms with Gasteiger partial charge in [-0.25, -0.2) is 4.79 Å². The van der Waals surface area contributed by atoms with E-state index in [0.29, 0.717) is 13.0 Å². The van der Waals surface area contributed by atoms with Crippen LogP contribution >= 0.6 is 34.8 Å². The summed E-state index contributed by atoms with van der Waals surface area (Å²) in [5, 5.41) is 0. The molecular formula is C8H15Cl3N2O2. The molecule has 0 aromatic rings. The first-order valence-electron chi connectivity index (χ1n) is 4.52. The van der Waals surface area contributed by atoms with E-state index in [1.54, 1.807) is 6.92 Å². The molecule has 0 aliphatic heterocycles. The maximum Gasteiger partial charge on any atom is 0.330 e. The summed E-state index contributed by atoms with van der Waals surface area (Å²) in [5.74, 6) is -0.724. The first kappa shape index (κ1) is 15.3. The molecule has 15 heavy (non-hydrogen) atoms. The molecule has 0 bridgehead atoms. The van der Waals surface area contributed by atoms with Gasteiger partial charge in [0, 0.05) is 0 Å². The number of hydrogen-bond donors (Lipinski definition) is 2. The van der Waals surface area contributed by atoms with Crippen molar-refractivity contribution in [3.8, 4) is 0 Å². The molecule has 0 spiro atoms. The average Bonchev–Trinajstić information content (AvgIpc) is 2.12. The van der Waals surface area contributed by atoms with Crippen molar-refractivity contribution in [2.45, 2.75) is 29.1 Å². The van der Waals surface area contributed by atoms with Gasteiger partial charge in [-0.1, -0.05) is 34.8 Å². The molecular weight excluding hydrogens is 262 g/mol. The van der Waals surface area contributed by atoms with Crippen LogP contribution in [-0.4, -0.2) is 28.5 Å². The Morgan fingerprint density at radius 3 is 2.27 bits per heavy atom. The minimum atomic E-state index is -1.91. The molecule has 0 aliphatic rings. The quantitative estimate of drug-likeness (QED) is 0.587. The van der Waals surface area contributed by atoms with Crippen LogP contribution in [0.4, 0.5) is 0 Å². The van der Waals surface area contributed by atoms with E-state index >= 15 is 0 Å². The van der Waals surface area contributed by atoms with E-state index in [1.165, 1.54) is 0 Å². The standard InChI is InChI=1S/C8H15Cl3N2O2/c1-2-15-6(14)7(13,4-3-5-12)8(9,10)11/h2-5,12-13H2,1H3. The molecule has 7 heteroatoms. The van der Waals surface area contributed by atoms with E-state index in [1.807, 2.05) is 0 Å². The Kier molecular flexibility index (Phi) is 6.21. The largest absolute Gasteiger partial charge is 0.464 e. The van der Waals surface area contributed by atoms with E-state index in [2.05, 4.69) is 0 Å². The van der Waals surface area contributed by atoms with Crippen molar-refractivity contribution in [2.24, 2.45) is 11.5 Å². The van der Waals surface area contributed by atoms with E-state index in [9.17, 15) is 4.79 Å². The van der Waals surface area contributed by atoms with Crippen LogP contribution in [0.15, 0.2) is 0 Å². The molecule has 0 saturated heterocycles. The third-order valence-corrected chi connectivity index (χ3v) is 2.93. The van der Waals surface area contributed by atoms with E-state index < -0.39 is 15.3 Å². The number of alkyl halides is 3. The molecule has 4 N–H and O–H groups in total. The summed E-state index contributed by atoms with van der Waals surface area (Å²) in [4.78, 5) is 11.6. The Balaban J connectivity index is 4.77. The van der Waals surface area contributed by atoms with Crippen molar-refractivity contribution in [1.82, 2.24) is 0 Å². The topological polar surface area (TPSA) is 78.3 Å². The zero-order valence-electron chi connectivity index (χ0n) is 8.43. The van der Waals surface area contributed by atoms with Gasteiger partial charge in [-0.2, -0.15) is 0 Å². The first-order chi connectivity index (χ1) is 6.79. The maximum atomic E-state index is 11.6. The molecule has 1 unspecified atom stereocenters. The molecule has 0 aromatic carbocycles. The second-order valence-corrected chi connectivity index (χ2v) is 5.36. The monoisotopic (exact) mass is 276 g/mol. The Labute approximate surface area is 104 Å². The van der Waals surface area contributed by atoms with Gasteiger partial charge in [0.1, 0.15) is 0 Å². The van der Waals surface area contributed by atoms with Crippen molar-refractivity contribution >= 4 is 40.8 Å². The molecule has 0 amide bonds. The molecule has 0 fully saturated rings. The summed E-state index contributed by atoms with van der Waals surface area (Å²) in [6.45, 7) is 2.19. The Morgan fingerprint density at radius 1 is 1.40 bits per heavy atom. The lowest BCUT2D eigenvalue weighted by molar-refractivity contribution is -0.149. The van der Waals surface area contributed by atoms with Gasteiger partial charge < -0.3 is 16.2 Å². The van der Waals surface area contributed by atoms with Crippen molar-refractivity contribution in [1.29, 1.82) is 0 Å². The lowest BCUT2D eigenvalue weighted by Crippen LogP contribution is -2.59. The van der Waals surface area contributed by atoms with Gasteiger partial charge >= 0.3 is 5.97 Å². The number of halogens is 3. The summed E-state index contributed by atoms with van der Waals surface area (Å²) in [6, 6.07) is 0. The van der Waals surface area contributed by atoms with Crippen LogP contribution in [0.1, 0.15) is 19.8 Å². The van der Waals surface area contributed by atoms with E-state index in [0.717, 1.165) is 0 Å². The SMILES string of the molecule is CCOC(=O)C(N)(CCCN)C(Cl)(Cl)Cl. The number of ether oxygens (including phenoxy) is 1. The van der Waals surface area contributed by atoms with Crippen molar-refractivity contribution in [2.75, 3.05) is 13.2 Å². The van der Waals surface area contributed by atoms with Gasteiger partial charge in [0.15, 0.2) is 5.54 Å². The highest BCUT2D eigenvalue weighted by atomic mass is 35.6. The number of rotatable bonds is 5. The van der Waals surface area contributed by atoms with Crippen LogP contribution in [0.2, 0.25) is 0 Å². The van der Waals surface area contributed by atoms with Crippen LogP contribution in [0.3, 0.4) is 0 Å². The van der Waals surface area contributed by atoms with Gasteiger partial charge in [0.25, 0.3) is 0 Å². The van der Waals surface area contributed by atoms with Gasteiger partial charge in [0.05, 0.1) is 6.61 Å².